The highest BCUT2D eigenvalue weighted by Crippen LogP contribution is 2.14. The molecule has 0 aliphatic heterocycles. The SMILES string of the molecule is O=c1c(Cl)n[nH]c2cc(Cl)ccc12. The van der Waals surface area contributed by atoms with Crippen molar-refractivity contribution in [3.8, 4) is 0 Å². The van der Waals surface area contributed by atoms with Crippen LogP contribution in [0.25, 0.3) is 10.9 Å². The fourth-order valence-corrected chi connectivity index (χ4v) is 1.39. The number of halogens is 2. The topological polar surface area (TPSA) is 45.8 Å². The number of hydrogen-bond donors (Lipinski definition) is 1. The van der Waals surface area contributed by atoms with Gasteiger partial charge in [0.15, 0.2) is 5.15 Å². The van der Waals surface area contributed by atoms with Crippen LogP contribution in [-0.4, -0.2) is 10.2 Å². The average molecular weight is 215 g/mol. The molecule has 2 aromatic rings. The van der Waals surface area contributed by atoms with Gasteiger partial charge >= 0.3 is 0 Å². The highest BCUT2D eigenvalue weighted by atomic mass is 35.5. The summed E-state index contributed by atoms with van der Waals surface area (Å²) in [5.74, 6) is 0. The van der Waals surface area contributed by atoms with Gasteiger partial charge in [0.2, 0.25) is 5.43 Å². The molecule has 5 heteroatoms. The van der Waals surface area contributed by atoms with E-state index in [1.54, 1.807) is 18.2 Å². The van der Waals surface area contributed by atoms with Gasteiger partial charge in [-0.3, -0.25) is 9.89 Å². The summed E-state index contributed by atoms with van der Waals surface area (Å²) in [5, 5.41) is 7.23. The molecule has 2 rings (SSSR count). The van der Waals surface area contributed by atoms with E-state index in [0.717, 1.165) is 0 Å². The molecule has 0 saturated carbocycles. The van der Waals surface area contributed by atoms with Gasteiger partial charge in [-0.15, -0.1) is 0 Å². The number of H-pyrrole nitrogens is 1. The summed E-state index contributed by atoms with van der Waals surface area (Å²) in [5.41, 5.74) is 0.300. The van der Waals surface area contributed by atoms with E-state index < -0.39 is 0 Å². The lowest BCUT2D eigenvalue weighted by molar-refractivity contribution is 1.07. The van der Waals surface area contributed by atoms with E-state index in [1.165, 1.54) is 0 Å². The Hall–Kier alpha value is -1.06. The van der Waals surface area contributed by atoms with E-state index in [2.05, 4.69) is 10.2 Å². The zero-order valence-electron chi connectivity index (χ0n) is 6.34. The molecule has 3 nitrogen and oxygen atoms in total. The first kappa shape index (κ1) is 8.53. The second kappa shape index (κ2) is 3.01. The Balaban J connectivity index is 2.95. The van der Waals surface area contributed by atoms with Gasteiger partial charge in [-0.05, 0) is 18.2 Å². The molecule has 0 amide bonds. The maximum Gasteiger partial charge on any atom is 0.226 e. The quantitative estimate of drug-likeness (QED) is 0.732. The highest BCUT2D eigenvalue weighted by molar-refractivity contribution is 6.31. The molecule has 1 aromatic carbocycles. The molecule has 66 valence electrons. The number of aromatic amines is 1. The Morgan fingerprint density at radius 1 is 1.31 bits per heavy atom. The molecule has 0 aliphatic rings. The summed E-state index contributed by atoms with van der Waals surface area (Å²) in [6.07, 6.45) is 0. The third-order valence-corrected chi connectivity index (χ3v) is 2.18. The van der Waals surface area contributed by atoms with E-state index in [9.17, 15) is 4.79 Å². The van der Waals surface area contributed by atoms with Crippen molar-refractivity contribution in [3.63, 3.8) is 0 Å². The normalized spacial score (nSPS) is 10.6. The largest absolute Gasteiger partial charge is 0.286 e. The Morgan fingerprint density at radius 3 is 2.85 bits per heavy atom. The number of fused-ring (bicyclic) bond motifs is 1. The van der Waals surface area contributed by atoms with Gasteiger partial charge in [-0.25, -0.2) is 0 Å². The molecule has 0 bridgehead atoms. The number of nitrogens with zero attached hydrogens (tertiary/aromatic N) is 1. The lowest BCUT2D eigenvalue weighted by Gasteiger charge is -1.96. The summed E-state index contributed by atoms with van der Waals surface area (Å²) in [7, 11) is 0. The second-order valence-electron chi connectivity index (χ2n) is 2.53. The zero-order chi connectivity index (χ0) is 9.42. The average Bonchev–Trinajstić information content (AvgIpc) is 2.12. The Kier molecular flexibility index (Phi) is 1.98. The van der Waals surface area contributed by atoms with Gasteiger partial charge in [0.1, 0.15) is 0 Å². The van der Waals surface area contributed by atoms with Crippen LogP contribution < -0.4 is 5.43 Å². The molecule has 1 aromatic heterocycles. The van der Waals surface area contributed by atoms with Crippen LogP contribution in [0.1, 0.15) is 0 Å². The number of nitrogens with one attached hydrogen (secondary N) is 1. The first-order valence-electron chi connectivity index (χ1n) is 3.52. The molecule has 0 radical (unpaired) electrons. The summed E-state index contributed by atoms with van der Waals surface area (Å²) in [6.45, 7) is 0. The second-order valence-corrected chi connectivity index (χ2v) is 3.33. The Morgan fingerprint density at radius 2 is 2.08 bits per heavy atom. The lowest BCUT2D eigenvalue weighted by Crippen LogP contribution is -2.05. The van der Waals surface area contributed by atoms with Crippen LogP contribution in [0.2, 0.25) is 10.2 Å². The van der Waals surface area contributed by atoms with Gasteiger partial charge < -0.3 is 0 Å². The molecule has 1 heterocycles. The van der Waals surface area contributed by atoms with Crippen LogP contribution in [0.4, 0.5) is 0 Å². The first-order valence-corrected chi connectivity index (χ1v) is 4.27. The van der Waals surface area contributed by atoms with Crippen molar-refractivity contribution in [3.05, 3.63) is 38.6 Å². The van der Waals surface area contributed by atoms with E-state index in [1.807, 2.05) is 0 Å². The number of aromatic nitrogens is 2. The van der Waals surface area contributed by atoms with Crippen LogP contribution in [-0.2, 0) is 0 Å². The predicted octanol–water partition coefficient (Wildman–Crippen LogP) is 2.23. The van der Waals surface area contributed by atoms with Crippen molar-refractivity contribution in [2.24, 2.45) is 0 Å². The smallest absolute Gasteiger partial charge is 0.226 e. The summed E-state index contributed by atoms with van der Waals surface area (Å²) in [4.78, 5) is 11.4. The van der Waals surface area contributed by atoms with Crippen molar-refractivity contribution in [2.45, 2.75) is 0 Å². The fraction of sp³-hybridized carbons (Fsp3) is 0. The molecule has 1 N–H and O–H groups in total. The minimum absolute atomic E-state index is 0.0603. The summed E-state index contributed by atoms with van der Waals surface area (Å²) < 4.78 is 0. The van der Waals surface area contributed by atoms with Crippen molar-refractivity contribution >= 4 is 34.1 Å². The molecule has 0 fully saturated rings. The Bertz CT molecular complexity index is 521. The van der Waals surface area contributed by atoms with Gasteiger partial charge in [0, 0.05) is 5.02 Å². The maximum absolute atomic E-state index is 11.4. The van der Waals surface area contributed by atoms with Crippen LogP contribution in [0.5, 0.6) is 0 Å². The van der Waals surface area contributed by atoms with E-state index in [0.29, 0.717) is 15.9 Å². The third kappa shape index (κ3) is 1.41. The Labute approximate surface area is 83.3 Å². The molecule has 13 heavy (non-hydrogen) atoms. The van der Waals surface area contributed by atoms with Gasteiger partial charge in [0.25, 0.3) is 0 Å². The highest BCUT2D eigenvalue weighted by Gasteiger charge is 2.03. The first-order chi connectivity index (χ1) is 6.18. The van der Waals surface area contributed by atoms with Crippen molar-refractivity contribution in [1.29, 1.82) is 0 Å². The molecule has 0 aliphatic carbocycles. The van der Waals surface area contributed by atoms with Gasteiger partial charge in [-0.2, -0.15) is 5.10 Å². The number of hydrogen-bond acceptors (Lipinski definition) is 2. The lowest BCUT2D eigenvalue weighted by atomic mass is 10.2. The fourth-order valence-electron chi connectivity index (χ4n) is 1.08. The predicted molar refractivity (Wildman–Crippen MR) is 52.4 cm³/mol. The molecular formula is C8H4Cl2N2O. The molecule has 0 saturated heterocycles. The molecule has 0 atom stereocenters. The van der Waals surface area contributed by atoms with Crippen molar-refractivity contribution < 1.29 is 0 Å². The monoisotopic (exact) mass is 214 g/mol. The summed E-state index contributed by atoms with van der Waals surface area (Å²) >= 11 is 11.3. The number of rotatable bonds is 0. The van der Waals surface area contributed by atoms with Crippen molar-refractivity contribution in [2.75, 3.05) is 0 Å². The molecule has 0 unspecified atom stereocenters. The minimum Gasteiger partial charge on any atom is -0.286 e. The standard InChI is InChI=1S/C8H4Cl2N2O/c9-4-1-2-5-6(3-4)11-12-8(10)7(5)13/h1-3H,(H,11,13). The van der Waals surface area contributed by atoms with E-state index >= 15 is 0 Å². The summed E-state index contributed by atoms with van der Waals surface area (Å²) in [6, 6.07) is 4.88. The van der Waals surface area contributed by atoms with Gasteiger partial charge in [0.05, 0.1) is 10.9 Å². The third-order valence-electron chi connectivity index (χ3n) is 1.69. The van der Waals surface area contributed by atoms with Crippen molar-refractivity contribution in [1.82, 2.24) is 10.2 Å². The molecular weight excluding hydrogens is 211 g/mol. The van der Waals surface area contributed by atoms with Crippen LogP contribution in [0.15, 0.2) is 23.0 Å². The molecule has 0 spiro atoms. The van der Waals surface area contributed by atoms with Crippen LogP contribution in [0.3, 0.4) is 0 Å². The van der Waals surface area contributed by atoms with E-state index in [4.69, 9.17) is 23.2 Å². The van der Waals surface area contributed by atoms with Gasteiger partial charge in [-0.1, -0.05) is 23.2 Å². The minimum atomic E-state index is -0.285. The number of benzene rings is 1. The van der Waals surface area contributed by atoms with E-state index in [-0.39, 0.29) is 10.6 Å². The zero-order valence-corrected chi connectivity index (χ0v) is 7.86. The maximum atomic E-state index is 11.4. The van der Waals surface area contributed by atoms with Crippen LogP contribution >= 0.6 is 23.2 Å². The van der Waals surface area contributed by atoms with Crippen LogP contribution in [0, 0.1) is 0 Å².